The van der Waals surface area contributed by atoms with E-state index in [4.69, 9.17) is 5.11 Å². The lowest BCUT2D eigenvalue weighted by Crippen LogP contribution is -2.25. The van der Waals surface area contributed by atoms with E-state index in [-0.39, 0.29) is 17.9 Å². The summed E-state index contributed by atoms with van der Waals surface area (Å²) in [5.41, 5.74) is 2.87. The van der Waals surface area contributed by atoms with Gasteiger partial charge in [0.25, 0.3) is 0 Å². The molecule has 0 spiro atoms. The second kappa shape index (κ2) is 6.32. The van der Waals surface area contributed by atoms with Crippen LogP contribution in [0.1, 0.15) is 42.0 Å². The highest BCUT2D eigenvalue weighted by Crippen LogP contribution is 2.39. The first-order valence-corrected chi connectivity index (χ1v) is 7.56. The van der Waals surface area contributed by atoms with Gasteiger partial charge in [-0.05, 0) is 54.7 Å². The van der Waals surface area contributed by atoms with Gasteiger partial charge in [0.05, 0.1) is 0 Å². The number of aryl methyl sites for hydroxylation is 2. The number of phenolic OH excluding ortho intramolecular Hbond substituents is 2. The van der Waals surface area contributed by atoms with E-state index in [0.29, 0.717) is 6.42 Å². The molecule has 0 saturated heterocycles. The number of aromatic hydroxyl groups is 2. The monoisotopic (exact) mass is 314 g/mol. The molecule has 122 valence electrons. The Morgan fingerprint density at radius 1 is 0.957 bits per heavy atom. The molecule has 0 unspecified atom stereocenters. The minimum absolute atomic E-state index is 0.0380. The van der Waals surface area contributed by atoms with Gasteiger partial charge in [-0.25, -0.2) is 0 Å². The van der Waals surface area contributed by atoms with Gasteiger partial charge in [0.15, 0.2) is 0 Å². The molecule has 0 amide bonds. The average Bonchev–Trinajstić information content (AvgIpc) is 2.50. The first-order valence-electron chi connectivity index (χ1n) is 7.56. The Kier molecular flexibility index (Phi) is 4.64. The van der Waals surface area contributed by atoms with Crippen molar-refractivity contribution in [3.8, 4) is 11.5 Å². The highest BCUT2D eigenvalue weighted by molar-refractivity contribution is 5.67. The van der Waals surface area contributed by atoms with Crippen LogP contribution >= 0.6 is 0 Å². The number of aliphatic carboxylic acids is 1. The molecule has 0 saturated carbocycles. The maximum absolute atomic E-state index is 11.1. The van der Waals surface area contributed by atoms with Gasteiger partial charge in [-0.2, -0.15) is 0 Å². The van der Waals surface area contributed by atoms with Crippen LogP contribution in [0, 0.1) is 13.8 Å². The lowest BCUT2D eigenvalue weighted by atomic mass is 9.72. The van der Waals surface area contributed by atoms with Crippen molar-refractivity contribution in [3.05, 3.63) is 58.7 Å². The minimum atomic E-state index is -0.845. The predicted molar refractivity (Wildman–Crippen MR) is 89.0 cm³/mol. The molecule has 2 aromatic rings. The third-order valence-electron chi connectivity index (χ3n) is 4.51. The fourth-order valence-electron chi connectivity index (χ4n) is 2.81. The van der Waals surface area contributed by atoms with Crippen LogP contribution in [0.4, 0.5) is 0 Å². The van der Waals surface area contributed by atoms with Crippen molar-refractivity contribution < 1.29 is 20.1 Å². The van der Waals surface area contributed by atoms with Crippen molar-refractivity contribution in [3.63, 3.8) is 0 Å². The normalized spacial score (nSPS) is 11.4. The van der Waals surface area contributed by atoms with E-state index in [0.717, 1.165) is 22.3 Å². The van der Waals surface area contributed by atoms with Crippen LogP contribution in [0.5, 0.6) is 11.5 Å². The molecular weight excluding hydrogens is 292 g/mol. The summed E-state index contributed by atoms with van der Waals surface area (Å²) in [5, 5.41) is 28.6. The molecule has 3 N–H and O–H groups in total. The van der Waals surface area contributed by atoms with E-state index in [1.165, 1.54) is 0 Å². The third-order valence-corrected chi connectivity index (χ3v) is 4.51. The molecule has 0 aliphatic rings. The van der Waals surface area contributed by atoms with Gasteiger partial charge < -0.3 is 15.3 Å². The molecule has 0 aliphatic heterocycles. The van der Waals surface area contributed by atoms with Gasteiger partial charge in [0, 0.05) is 11.8 Å². The van der Waals surface area contributed by atoms with Crippen LogP contribution in [0.3, 0.4) is 0 Å². The zero-order valence-corrected chi connectivity index (χ0v) is 13.6. The largest absolute Gasteiger partial charge is 0.508 e. The summed E-state index contributed by atoms with van der Waals surface area (Å²) in [6.07, 6.45) is 0.465. The maximum Gasteiger partial charge on any atom is 0.303 e. The second-order valence-corrected chi connectivity index (χ2v) is 6.23. The summed E-state index contributed by atoms with van der Waals surface area (Å²) in [6.45, 7) is 5.63. The van der Waals surface area contributed by atoms with Gasteiger partial charge in [-0.3, -0.25) is 4.79 Å². The van der Waals surface area contributed by atoms with Crippen LogP contribution in [0.25, 0.3) is 0 Å². The Hall–Kier alpha value is -2.49. The fourth-order valence-corrected chi connectivity index (χ4v) is 2.81. The quantitative estimate of drug-likeness (QED) is 0.782. The number of carboxylic acid groups (broad SMARTS) is 1. The number of benzene rings is 2. The number of rotatable bonds is 5. The van der Waals surface area contributed by atoms with Crippen LogP contribution in [0.15, 0.2) is 36.4 Å². The van der Waals surface area contributed by atoms with E-state index >= 15 is 0 Å². The van der Waals surface area contributed by atoms with Gasteiger partial charge in [-0.1, -0.05) is 31.2 Å². The summed E-state index contributed by atoms with van der Waals surface area (Å²) in [6, 6.07) is 10.7. The molecule has 0 heterocycles. The summed E-state index contributed by atoms with van der Waals surface area (Å²) in [7, 11) is 0. The van der Waals surface area contributed by atoms with E-state index in [2.05, 4.69) is 0 Å². The van der Waals surface area contributed by atoms with E-state index < -0.39 is 11.4 Å². The SMILES string of the molecule is Cc1cc(C(C)(CCC(=O)O)c2ccc(O)c(C)c2)ccc1O. The standard InChI is InChI=1S/C19H22O4/c1-12-10-14(4-6-16(12)20)19(3,9-8-18(22)23)15-5-7-17(21)13(2)11-15/h4-7,10-11,20-21H,8-9H2,1-3H3,(H,22,23). The molecule has 2 rings (SSSR count). The molecule has 2 aromatic carbocycles. The third kappa shape index (κ3) is 3.47. The molecule has 0 atom stereocenters. The Morgan fingerprint density at radius 3 is 1.74 bits per heavy atom. The number of hydrogen-bond acceptors (Lipinski definition) is 3. The number of carbonyl (C=O) groups is 1. The molecule has 0 fully saturated rings. The van der Waals surface area contributed by atoms with Crippen molar-refractivity contribution in [2.45, 2.75) is 39.0 Å². The molecule has 4 nitrogen and oxygen atoms in total. The van der Waals surface area contributed by atoms with E-state index in [1.54, 1.807) is 12.1 Å². The Balaban J connectivity index is 2.56. The molecular formula is C19H22O4. The molecule has 0 bridgehead atoms. The molecule has 0 aliphatic carbocycles. The number of phenols is 2. The van der Waals surface area contributed by atoms with Gasteiger partial charge >= 0.3 is 5.97 Å². The predicted octanol–water partition coefficient (Wildman–Crippen LogP) is 3.89. The van der Waals surface area contributed by atoms with Gasteiger partial charge in [0.1, 0.15) is 11.5 Å². The maximum atomic E-state index is 11.1. The number of hydrogen-bond donors (Lipinski definition) is 3. The lowest BCUT2D eigenvalue weighted by molar-refractivity contribution is -0.137. The van der Waals surface area contributed by atoms with Crippen LogP contribution in [-0.4, -0.2) is 21.3 Å². The highest BCUT2D eigenvalue weighted by atomic mass is 16.4. The summed E-state index contributed by atoms with van der Waals surface area (Å²) in [4.78, 5) is 11.1. The van der Waals surface area contributed by atoms with Gasteiger partial charge in [0.2, 0.25) is 0 Å². The van der Waals surface area contributed by atoms with E-state index in [1.807, 2.05) is 45.0 Å². The van der Waals surface area contributed by atoms with Crippen molar-refractivity contribution in [1.29, 1.82) is 0 Å². The molecule has 0 radical (unpaired) electrons. The van der Waals surface area contributed by atoms with Gasteiger partial charge in [-0.15, -0.1) is 0 Å². The average molecular weight is 314 g/mol. The topological polar surface area (TPSA) is 77.8 Å². The Bertz CT molecular complexity index is 683. The molecule has 0 aromatic heterocycles. The summed E-state index contributed by atoms with van der Waals surface area (Å²) in [5.74, 6) is -0.408. The first kappa shape index (κ1) is 16.9. The van der Waals surface area contributed by atoms with Crippen molar-refractivity contribution in [2.75, 3.05) is 0 Å². The van der Waals surface area contributed by atoms with Crippen molar-refractivity contribution in [1.82, 2.24) is 0 Å². The summed E-state index contributed by atoms with van der Waals surface area (Å²) < 4.78 is 0. The van der Waals surface area contributed by atoms with E-state index in [9.17, 15) is 15.0 Å². The van der Waals surface area contributed by atoms with Crippen molar-refractivity contribution >= 4 is 5.97 Å². The minimum Gasteiger partial charge on any atom is -0.508 e. The Morgan fingerprint density at radius 2 is 1.39 bits per heavy atom. The zero-order chi connectivity index (χ0) is 17.2. The fraction of sp³-hybridized carbons (Fsp3) is 0.316. The zero-order valence-electron chi connectivity index (χ0n) is 13.6. The summed E-state index contributed by atoms with van der Waals surface area (Å²) >= 11 is 0. The number of carboxylic acids is 1. The Labute approximate surface area is 136 Å². The molecule has 23 heavy (non-hydrogen) atoms. The highest BCUT2D eigenvalue weighted by Gasteiger charge is 2.30. The lowest BCUT2D eigenvalue weighted by Gasteiger charge is -2.31. The second-order valence-electron chi connectivity index (χ2n) is 6.23. The van der Waals surface area contributed by atoms with Crippen LogP contribution in [-0.2, 0) is 10.2 Å². The smallest absolute Gasteiger partial charge is 0.303 e. The molecule has 4 heteroatoms. The van der Waals surface area contributed by atoms with Crippen LogP contribution < -0.4 is 0 Å². The first-order chi connectivity index (χ1) is 10.7. The van der Waals surface area contributed by atoms with Crippen LogP contribution in [0.2, 0.25) is 0 Å². The van der Waals surface area contributed by atoms with Crippen molar-refractivity contribution in [2.24, 2.45) is 0 Å².